The number of hydrogen-bond donors (Lipinski definition) is 3. The molecule has 3 rings (SSSR count). The number of hydrogen-bond acceptors (Lipinski definition) is 4. The van der Waals surface area contributed by atoms with Crippen LogP contribution in [-0.4, -0.2) is 28.2 Å². The van der Waals surface area contributed by atoms with Crippen LogP contribution in [0.2, 0.25) is 0 Å². The fourth-order valence-electron chi connectivity index (χ4n) is 2.79. The predicted octanol–water partition coefficient (Wildman–Crippen LogP) is 2.22. The zero-order valence-electron chi connectivity index (χ0n) is 11.7. The Bertz CT molecular complexity index is 724. The number of amides is 1. The molecule has 22 heavy (non-hydrogen) atoms. The maximum atomic E-state index is 12.4. The third-order valence-electron chi connectivity index (χ3n) is 3.88. The maximum absolute atomic E-state index is 12.4. The zero-order valence-corrected chi connectivity index (χ0v) is 12.5. The lowest BCUT2D eigenvalue weighted by Gasteiger charge is -2.31. The second kappa shape index (κ2) is 5.90. The summed E-state index contributed by atoms with van der Waals surface area (Å²) in [6.07, 6.45) is 0.658. The Morgan fingerprint density at radius 2 is 2.00 bits per heavy atom. The zero-order chi connectivity index (χ0) is 15.7. The van der Waals surface area contributed by atoms with Gasteiger partial charge in [0, 0.05) is 0 Å². The number of fused-ring (bicyclic) bond motifs is 1. The fraction of sp³-hybridized carbons (Fsp3) is 0.250. The molecule has 0 saturated heterocycles. The van der Waals surface area contributed by atoms with Crippen LogP contribution in [0.25, 0.3) is 0 Å². The van der Waals surface area contributed by atoms with E-state index < -0.39 is 24.0 Å². The molecule has 6 heteroatoms. The summed E-state index contributed by atoms with van der Waals surface area (Å²) in [5, 5.41) is 23.7. The van der Waals surface area contributed by atoms with E-state index in [9.17, 15) is 14.7 Å². The van der Waals surface area contributed by atoms with E-state index in [0.29, 0.717) is 6.42 Å². The average molecular weight is 317 g/mol. The molecular formula is C16H15NO4S. The van der Waals surface area contributed by atoms with Gasteiger partial charge in [0.15, 0.2) is 0 Å². The highest BCUT2D eigenvalue weighted by atomic mass is 32.1. The van der Waals surface area contributed by atoms with E-state index in [0.717, 1.165) is 28.9 Å². The molecule has 0 aliphatic heterocycles. The molecule has 2 atom stereocenters. The van der Waals surface area contributed by atoms with Crippen LogP contribution >= 0.6 is 11.3 Å². The number of benzene rings is 1. The van der Waals surface area contributed by atoms with Crippen molar-refractivity contribution in [2.45, 2.75) is 25.0 Å². The highest BCUT2D eigenvalue weighted by Gasteiger charge is 2.30. The van der Waals surface area contributed by atoms with Crippen molar-refractivity contribution in [1.29, 1.82) is 0 Å². The Hall–Kier alpha value is -2.18. The Balaban J connectivity index is 1.88. The van der Waals surface area contributed by atoms with E-state index >= 15 is 0 Å². The second-order valence-electron chi connectivity index (χ2n) is 5.22. The van der Waals surface area contributed by atoms with E-state index in [4.69, 9.17) is 5.11 Å². The van der Waals surface area contributed by atoms with Gasteiger partial charge in [-0.15, -0.1) is 11.3 Å². The van der Waals surface area contributed by atoms with E-state index in [2.05, 4.69) is 5.32 Å². The Morgan fingerprint density at radius 1 is 1.23 bits per heavy atom. The lowest BCUT2D eigenvalue weighted by molar-refractivity contribution is 0.0691. The minimum atomic E-state index is -1.12. The number of thiophene rings is 1. The molecule has 0 unspecified atom stereocenters. The summed E-state index contributed by atoms with van der Waals surface area (Å²) in [6.45, 7) is 0. The van der Waals surface area contributed by atoms with Crippen molar-refractivity contribution in [2.24, 2.45) is 0 Å². The van der Waals surface area contributed by atoms with Crippen molar-refractivity contribution in [2.75, 3.05) is 0 Å². The Labute approximate surface area is 131 Å². The van der Waals surface area contributed by atoms with Gasteiger partial charge in [0.1, 0.15) is 4.88 Å². The van der Waals surface area contributed by atoms with E-state index in [1.165, 1.54) is 6.07 Å². The molecule has 3 N–H and O–H groups in total. The summed E-state index contributed by atoms with van der Waals surface area (Å²) >= 11 is 1.01. The molecule has 1 amide bonds. The van der Waals surface area contributed by atoms with Gasteiger partial charge < -0.3 is 15.5 Å². The van der Waals surface area contributed by atoms with Crippen LogP contribution in [-0.2, 0) is 6.42 Å². The lowest BCUT2D eigenvalue weighted by atomic mass is 9.85. The smallest absolute Gasteiger partial charge is 0.346 e. The first kappa shape index (κ1) is 14.7. The first-order valence-corrected chi connectivity index (χ1v) is 7.83. The predicted molar refractivity (Wildman–Crippen MR) is 82.3 cm³/mol. The number of rotatable bonds is 3. The summed E-state index contributed by atoms with van der Waals surface area (Å²) in [6, 6.07) is 8.63. The molecule has 1 aliphatic rings. The molecule has 2 aromatic rings. The number of carbonyl (C=O) groups is 2. The summed E-state index contributed by atoms with van der Waals surface area (Å²) in [5.41, 5.74) is 2.12. The van der Waals surface area contributed by atoms with Gasteiger partial charge in [0.05, 0.1) is 17.7 Å². The van der Waals surface area contributed by atoms with Gasteiger partial charge in [-0.25, -0.2) is 4.79 Å². The highest BCUT2D eigenvalue weighted by Crippen LogP contribution is 2.30. The Morgan fingerprint density at radius 3 is 2.77 bits per heavy atom. The molecular weight excluding hydrogens is 302 g/mol. The molecule has 0 bridgehead atoms. The normalized spacial score (nSPS) is 20.2. The van der Waals surface area contributed by atoms with Gasteiger partial charge in [0.25, 0.3) is 5.91 Å². The molecule has 0 radical (unpaired) electrons. The summed E-state index contributed by atoms with van der Waals surface area (Å²) in [7, 11) is 0. The highest BCUT2D eigenvalue weighted by molar-refractivity contribution is 7.12. The van der Waals surface area contributed by atoms with Crippen LogP contribution < -0.4 is 5.32 Å². The summed E-state index contributed by atoms with van der Waals surface area (Å²) in [5.74, 6) is -1.59. The molecule has 0 spiro atoms. The number of nitrogens with one attached hydrogen (secondary N) is 1. The van der Waals surface area contributed by atoms with Crippen LogP contribution in [0.1, 0.15) is 43.6 Å². The van der Waals surface area contributed by atoms with E-state index in [1.807, 2.05) is 24.3 Å². The standard InChI is InChI=1S/C16H15NO4S/c18-12-6-5-9-3-1-2-4-10(9)13(12)17-15(19)11-7-8-22-14(11)16(20)21/h1-4,7-8,12-13,18H,5-6H2,(H,17,19)(H,20,21)/t12-,13+/m1/s1. The lowest BCUT2D eigenvalue weighted by Crippen LogP contribution is -2.39. The number of carboxylic acid groups (broad SMARTS) is 1. The number of aryl methyl sites for hydroxylation is 1. The molecule has 1 aromatic carbocycles. The van der Waals surface area contributed by atoms with Crippen LogP contribution in [0.15, 0.2) is 35.7 Å². The van der Waals surface area contributed by atoms with Crippen molar-refractivity contribution >= 4 is 23.2 Å². The van der Waals surface area contributed by atoms with Crippen molar-refractivity contribution < 1.29 is 19.8 Å². The molecule has 0 saturated carbocycles. The van der Waals surface area contributed by atoms with E-state index in [-0.39, 0.29) is 10.4 Å². The van der Waals surface area contributed by atoms with Gasteiger partial charge in [-0.05, 0) is 35.4 Å². The molecule has 5 nitrogen and oxygen atoms in total. The monoisotopic (exact) mass is 317 g/mol. The van der Waals surface area contributed by atoms with E-state index in [1.54, 1.807) is 5.38 Å². The van der Waals surface area contributed by atoms with Crippen LogP contribution in [0.4, 0.5) is 0 Å². The number of aliphatic hydroxyl groups excluding tert-OH is 1. The summed E-state index contributed by atoms with van der Waals surface area (Å²) < 4.78 is 0. The quantitative estimate of drug-likeness (QED) is 0.810. The number of carboxylic acids is 1. The second-order valence-corrected chi connectivity index (χ2v) is 6.14. The SMILES string of the molecule is O=C(N[C@H]1c2ccccc2CC[C@H]1O)c1ccsc1C(=O)O. The maximum Gasteiger partial charge on any atom is 0.346 e. The topological polar surface area (TPSA) is 86.6 Å². The summed E-state index contributed by atoms with van der Waals surface area (Å²) in [4.78, 5) is 23.5. The average Bonchev–Trinajstić information content (AvgIpc) is 3.00. The van der Waals surface area contributed by atoms with Crippen molar-refractivity contribution in [3.8, 4) is 0 Å². The molecule has 0 fully saturated rings. The first-order valence-electron chi connectivity index (χ1n) is 6.95. The molecule has 1 heterocycles. The minimum Gasteiger partial charge on any atom is -0.477 e. The number of aliphatic hydroxyl groups is 1. The molecule has 114 valence electrons. The Kier molecular flexibility index (Phi) is 3.96. The first-order chi connectivity index (χ1) is 10.6. The van der Waals surface area contributed by atoms with Crippen molar-refractivity contribution in [3.05, 3.63) is 57.3 Å². The van der Waals surface area contributed by atoms with Crippen molar-refractivity contribution in [1.82, 2.24) is 5.32 Å². The van der Waals surface area contributed by atoms with Gasteiger partial charge in [-0.3, -0.25) is 4.79 Å². The number of carbonyl (C=O) groups excluding carboxylic acids is 1. The van der Waals surface area contributed by atoms with Crippen LogP contribution in [0, 0.1) is 0 Å². The van der Waals surface area contributed by atoms with Gasteiger partial charge in [-0.2, -0.15) is 0 Å². The number of aromatic carboxylic acids is 1. The molecule has 1 aromatic heterocycles. The van der Waals surface area contributed by atoms with Gasteiger partial charge in [0.2, 0.25) is 0 Å². The third-order valence-corrected chi connectivity index (χ3v) is 4.78. The van der Waals surface area contributed by atoms with Crippen LogP contribution in [0.3, 0.4) is 0 Å². The van der Waals surface area contributed by atoms with Crippen LogP contribution in [0.5, 0.6) is 0 Å². The largest absolute Gasteiger partial charge is 0.477 e. The minimum absolute atomic E-state index is 0.0103. The van der Waals surface area contributed by atoms with Gasteiger partial charge >= 0.3 is 5.97 Å². The van der Waals surface area contributed by atoms with Gasteiger partial charge in [-0.1, -0.05) is 24.3 Å². The molecule has 1 aliphatic carbocycles. The third kappa shape index (κ3) is 2.63. The van der Waals surface area contributed by atoms with Crippen molar-refractivity contribution in [3.63, 3.8) is 0 Å². The fourth-order valence-corrected chi connectivity index (χ4v) is 3.52.